The summed E-state index contributed by atoms with van der Waals surface area (Å²) in [5.41, 5.74) is -0.491. The fourth-order valence-corrected chi connectivity index (χ4v) is 1.93. The van der Waals surface area contributed by atoms with Crippen LogP contribution in [0.3, 0.4) is 0 Å². The van der Waals surface area contributed by atoms with Crippen molar-refractivity contribution < 1.29 is 14.3 Å². The average Bonchev–Trinajstić information content (AvgIpc) is 2.51. The average molecular weight is 277 g/mol. The molecule has 0 aliphatic carbocycles. The number of hydrogen-bond acceptors (Lipinski definition) is 3. The van der Waals surface area contributed by atoms with E-state index in [1.807, 2.05) is 20.8 Å². The summed E-state index contributed by atoms with van der Waals surface area (Å²) in [6.07, 6.45) is 0.435. The predicted molar refractivity (Wildman–Crippen MR) is 69.7 cm³/mol. The van der Waals surface area contributed by atoms with Gasteiger partial charge in [0.2, 0.25) is 5.91 Å². The van der Waals surface area contributed by atoms with Gasteiger partial charge in [0.1, 0.15) is 11.5 Å². The number of carbonyl (C=O) groups is 2. The molecule has 5 nitrogen and oxygen atoms in total. The normalized spacial score (nSPS) is 17.3. The Morgan fingerprint density at radius 1 is 1.11 bits per heavy atom. The Bertz CT molecular complexity index is 315. The van der Waals surface area contributed by atoms with Crippen LogP contribution in [0, 0.1) is 0 Å². The minimum atomic E-state index is -0.491. The van der Waals surface area contributed by atoms with Crippen LogP contribution in [0.25, 0.3) is 0 Å². The van der Waals surface area contributed by atoms with E-state index in [4.69, 9.17) is 16.3 Å². The molecule has 18 heavy (non-hydrogen) atoms. The van der Waals surface area contributed by atoms with Crippen molar-refractivity contribution in [2.75, 3.05) is 32.1 Å². The molecule has 0 spiro atoms. The van der Waals surface area contributed by atoms with E-state index in [0.29, 0.717) is 26.2 Å². The zero-order valence-corrected chi connectivity index (χ0v) is 12.0. The molecule has 0 atom stereocenters. The van der Waals surface area contributed by atoms with E-state index >= 15 is 0 Å². The first-order chi connectivity index (χ1) is 8.33. The van der Waals surface area contributed by atoms with E-state index in [9.17, 15) is 9.59 Å². The number of alkyl halides is 1. The van der Waals surface area contributed by atoms with Crippen molar-refractivity contribution >= 4 is 23.6 Å². The van der Waals surface area contributed by atoms with Gasteiger partial charge in [-0.1, -0.05) is 0 Å². The summed E-state index contributed by atoms with van der Waals surface area (Å²) in [7, 11) is 0. The van der Waals surface area contributed by atoms with Crippen LogP contribution >= 0.6 is 11.6 Å². The molecule has 1 aliphatic rings. The minimum Gasteiger partial charge on any atom is -0.444 e. The molecule has 0 aromatic heterocycles. The molecule has 104 valence electrons. The van der Waals surface area contributed by atoms with Crippen LogP contribution in [0.2, 0.25) is 0 Å². The Labute approximate surface area is 113 Å². The van der Waals surface area contributed by atoms with E-state index < -0.39 is 5.60 Å². The van der Waals surface area contributed by atoms with Crippen molar-refractivity contribution in [1.29, 1.82) is 0 Å². The maximum absolute atomic E-state index is 11.9. The van der Waals surface area contributed by atoms with Crippen molar-refractivity contribution in [1.82, 2.24) is 9.80 Å². The molecule has 0 N–H and O–H groups in total. The van der Waals surface area contributed by atoms with Crippen LogP contribution in [0.5, 0.6) is 0 Å². The number of rotatable bonds is 1. The van der Waals surface area contributed by atoms with Crippen LogP contribution in [0.1, 0.15) is 27.2 Å². The zero-order valence-electron chi connectivity index (χ0n) is 11.2. The van der Waals surface area contributed by atoms with Gasteiger partial charge in [0, 0.05) is 26.2 Å². The lowest BCUT2D eigenvalue weighted by atomic mass is 10.2. The van der Waals surface area contributed by atoms with Gasteiger partial charge in [0.15, 0.2) is 0 Å². The second-order valence-corrected chi connectivity index (χ2v) is 5.60. The van der Waals surface area contributed by atoms with Crippen molar-refractivity contribution in [2.45, 2.75) is 32.8 Å². The lowest BCUT2D eigenvalue weighted by Crippen LogP contribution is -2.40. The van der Waals surface area contributed by atoms with Gasteiger partial charge in [0.25, 0.3) is 0 Å². The zero-order chi connectivity index (χ0) is 13.8. The van der Waals surface area contributed by atoms with Crippen LogP contribution in [0.15, 0.2) is 0 Å². The molecular weight excluding hydrogens is 256 g/mol. The van der Waals surface area contributed by atoms with Gasteiger partial charge >= 0.3 is 6.09 Å². The third kappa shape index (κ3) is 4.72. The van der Waals surface area contributed by atoms with Gasteiger partial charge in [-0.05, 0) is 27.2 Å². The first-order valence-corrected chi connectivity index (χ1v) is 6.68. The van der Waals surface area contributed by atoms with Gasteiger partial charge in [-0.25, -0.2) is 4.79 Å². The van der Waals surface area contributed by atoms with Gasteiger partial charge in [-0.2, -0.15) is 0 Å². The number of amides is 2. The summed E-state index contributed by atoms with van der Waals surface area (Å²) in [4.78, 5) is 26.7. The van der Waals surface area contributed by atoms with Gasteiger partial charge < -0.3 is 14.5 Å². The summed E-state index contributed by atoms with van der Waals surface area (Å²) in [6, 6.07) is 0. The maximum atomic E-state index is 11.9. The van der Waals surface area contributed by atoms with Crippen molar-refractivity contribution in [3.8, 4) is 0 Å². The highest BCUT2D eigenvalue weighted by atomic mass is 35.5. The summed E-state index contributed by atoms with van der Waals surface area (Å²) in [5, 5.41) is 0. The third-order valence-electron chi connectivity index (χ3n) is 2.61. The molecule has 0 saturated carbocycles. The topological polar surface area (TPSA) is 49.9 Å². The van der Waals surface area contributed by atoms with Crippen molar-refractivity contribution in [3.63, 3.8) is 0 Å². The van der Waals surface area contributed by atoms with Crippen molar-refractivity contribution in [3.05, 3.63) is 0 Å². The van der Waals surface area contributed by atoms with E-state index in [0.717, 1.165) is 6.42 Å². The van der Waals surface area contributed by atoms with E-state index in [2.05, 4.69) is 0 Å². The largest absolute Gasteiger partial charge is 0.444 e. The van der Waals surface area contributed by atoms with Crippen LogP contribution in [-0.4, -0.2) is 59.5 Å². The quantitative estimate of drug-likeness (QED) is 0.685. The van der Waals surface area contributed by atoms with Gasteiger partial charge in [-0.15, -0.1) is 11.6 Å². The fourth-order valence-electron chi connectivity index (χ4n) is 1.76. The SMILES string of the molecule is CC(C)(C)OC(=O)N1CCCN(C(=O)CCl)CC1. The Morgan fingerprint density at radius 2 is 1.67 bits per heavy atom. The van der Waals surface area contributed by atoms with Gasteiger partial charge in [-0.3, -0.25) is 4.79 Å². The molecule has 6 heteroatoms. The highest BCUT2D eigenvalue weighted by Crippen LogP contribution is 2.12. The first kappa shape index (κ1) is 15.1. The summed E-state index contributed by atoms with van der Waals surface area (Å²) < 4.78 is 5.31. The van der Waals surface area contributed by atoms with Crippen LogP contribution in [-0.2, 0) is 9.53 Å². The number of carbonyl (C=O) groups excluding carboxylic acids is 2. The molecule has 1 saturated heterocycles. The van der Waals surface area contributed by atoms with E-state index in [-0.39, 0.29) is 17.9 Å². The smallest absolute Gasteiger partial charge is 0.410 e. The number of hydrogen-bond donors (Lipinski definition) is 0. The molecule has 1 heterocycles. The molecule has 0 aromatic carbocycles. The van der Waals surface area contributed by atoms with E-state index in [1.54, 1.807) is 9.80 Å². The maximum Gasteiger partial charge on any atom is 0.410 e. The minimum absolute atomic E-state index is 0.00750. The number of ether oxygens (including phenoxy) is 1. The number of halogens is 1. The Morgan fingerprint density at radius 3 is 2.22 bits per heavy atom. The molecule has 0 aromatic rings. The second-order valence-electron chi connectivity index (χ2n) is 5.34. The molecule has 0 unspecified atom stereocenters. The lowest BCUT2D eigenvalue weighted by Gasteiger charge is -2.26. The molecule has 1 rings (SSSR count). The summed E-state index contributed by atoms with van der Waals surface area (Å²) in [5.74, 6) is -0.0883. The monoisotopic (exact) mass is 276 g/mol. The van der Waals surface area contributed by atoms with E-state index in [1.165, 1.54) is 0 Å². The highest BCUT2D eigenvalue weighted by molar-refractivity contribution is 6.27. The molecular formula is C12H21ClN2O3. The summed E-state index contributed by atoms with van der Waals surface area (Å²) in [6.45, 7) is 7.79. The van der Waals surface area contributed by atoms with Crippen molar-refractivity contribution in [2.24, 2.45) is 0 Å². The first-order valence-electron chi connectivity index (χ1n) is 6.15. The molecule has 1 fully saturated rings. The van der Waals surface area contributed by atoms with Gasteiger partial charge in [0.05, 0.1) is 0 Å². The number of nitrogens with zero attached hydrogens (tertiary/aromatic N) is 2. The van der Waals surface area contributed by atoms with Crippen LogP contribution in [0.4, 0.5) is 4.79 Å². The Hall–Kier alpha value is -0.970. The lowest BCUT2D eigenvalue weighted by molar-refractivity contribution is -0.128. The standard InChI is InChI=1S/C12H21ClN2O3/c1-12(2,3)18-11(17)15-6-4-5-14(7-8-15)10(16)9-13/h4-9H2,1-3H3. The predicted octanol–water partition coefficient (Wildman–Crippen LogP) is 1.69. The highest BCUT2D eigenvalue weighted by Gasteiger charge is 2.25. The Balaban J connectivity index is 2.51. The second kappa shape index (κ2) is 6.27. The molecule has 0 bridgehead atoms. The molecule has 1 aliphatic heterocycles. The Kier molecular flexibility index (Phi) is 5.26. The van der Waals surface area contributed by atoms with Crippen LogP contribution < -0.4 is 0 Å². The summed E-state index contributed by atoms with van der Waals surface area (Å²) >= 11 is 5.53. The molecule has 0 radical (unpaired) electrons. The fraction of sp³-hybridized carbons (Fsp3) is 0.833. The third-order valence-corrected chi connectivity index (χ3v) is 2.84. The molecule has 2 amide bonds.